The number of halogens is 1. The molecule has 0 bridgehead atoms. The van der Waals surface area contributed by atoms with Crippen molar-refractivity contribution >= 4 is 17.6 Å². The number of piperidine rings is 1. The fraction of sp³-hybridized carbons (Fsp3) is 0.474. The second-order valence-corrected chi connectivity index (χ2v) is 7.03. The number of oxazole rings is 1. The van der Waals surface area contributed by atoms with Crippen LogP contribution in [0.2, 0.25) is 5.02 Å². The second kappa shape index (κ2) is 8.66. The number of aromatic nitrogens is 1. The van der Waals surface area contributed by atoms with Gasteiger partial charge in [-0.05, 0) is 31.5 Å². The summed E-state index contributed by atoms with van der Waals surface area (Å²) in [6.07, 6.45) is 3.66. The van der Waals surface area contributed by atoms with Crippen molar-refractivity contribution in [2.75, 3.05) is 26.2 Å². The van der Waals surface area contributed by atoms with Crippen molar-refractivity contribution < 1.29 is 14.3 Å². The third kappa shape index (κ3) is 4.84. The molecule has 1 N–H and O–H groups in total. The summed E-state index contributed by atoms with van der Waals surface area (Å²) < 4.78 is 5.88. The van der Waals surface area contributed by atoms with Gasteiger partial charge in [0.2, 0.25) is 5.89 Å². The smallest absolute Gasteiger partial charge is 0.317 e. The molecule has 0 aliphatic carbocycles. The number of rotatable bonds is 7. The van der Waals surface area contributed by atoms with Gasteiger partial charge in [-0.3, -0.25) is 14.6 Å². The van der Waals surface area contributed by atoms with E-state index in [-0.39, 0.29) is 6.54 Å². The number of benzene rings is 1. The molecule has 7 heteroatoms. The van der Waals surface area contributed by atoms with Crippen LogP contribution in [0.4, 0.5) is 0 Å². The van der Waals surface area contributed by atoms with Crippen molar-refractivity contribution in [3.8, 4) is 11.3 Å². The number of carboxylic acids is 1. The monoisotopic (exact) mass is 377 g/mol. The summed E-state index contributed by atoms with van der Waals surface area (Å²) in [5.74, 6) is 0.648. The van der Waals surface area contributed by atoms with E-state index in [1.165, 1.54) is 0 Å². The Hall–Kier alpha value is -1.89. The van der Waals surface area contributed by atoms with E-state index in [9.17, 15) is 4.79 Å². The van der Waals surface area contributed by atoms with Gasteiger partial charge in [-0.25, -0.2) is 4.98 Å². The summed E-state index contributed by atoms with van der Waals surface area (Å²) in [4.78, 5) is 19.7. The molecule has 0 saturated carbocycles. The minimum Gasteiger partial charge on any atom is -0.480 e. The molecule has 3 rings (SSSR count). The molecule has 1 aromatic heterocycles. The van der Waals surface area contributed by atoms with Crippen LogP contribution in [0.1, 0.15) is 25.7 Å². The maximum Gasteiger partial charge on any atom is 0.317 e. The maximum atomic E-state index is 11.0. The van der Waals surface area contributed by atoms with E-state index < -0.39 is 5.97 Å². The number of likely N-dealkylation sites (tertiary alicyclic amines) is 1. The predicted octanol–water partition coefficient (Wildman–Crippen LogP) is 3.37. The van der Waals surface area contributed by atoms with E-state index >= 15 is 0 Å². The molecule has 0 atom stereocenters. The Labute approximate surface area is 158 Å². The minimum absolute atomic E-state index is 0.115. The van der Waals surface area contributed by atoms with Gasteiger partial charge in [0, 0.05) is 29.7 Å². The third-order valence-electron chi connectivity index (χ3n) is 4.84. The van der Waals surface area contributed by atoms with Crippen LogP contribution in [-0.4, -0.2) is 58.1 Å². The summed E-state index contributed by atoms with van der Waals surface area (Å²) in [5.41, 5.74) is 0.919. The van der Waals surface area contributed by atoms with Crippen LogP contribution in [0.5, 0.6) is 0 Å². The van der Waals surface area contributed by atoms with E-state index in [0.29, 0.717) is 23.5 Å². The molecule has 0 spiro atoms. The van der Waals surface area contributed by atoms with Gasteiger partial charge < -0.3 is 9.52 Å². The normalized spacial score (nSPS) is 16.3. The molecule has 0 amide bonds. The van der Waals surface area contributed by atoms with Gasteiger partial charge >= 0.3 is 5.97 Å². The number of carbonyl (C=O) groups is 1. The Bertz CT molecular complexity index is 741. The van der Waals surface area contributed by atoms with Crippen molar-refractivity contribution in [1.82, 2.24) is 14.8 Å². The molecule has 2 aromatic rings. The van der Waals surface area contributed by atoms with Crippen LogP contribution in [0, 0.1) is 0 Å². The lowest BCUT2D eigenvalue weighted by Crippen LogP contribution is -2.46. The molecule has 0 radical (unpaired) electrons. The number of carboxylic acid groups (broad SMARTS) is 1. The zero-order chi connectivity index (χ0) is 18.5. The summed E-state index contributed by atoms with van der Waals surface area (Å²) >= 11 is 6.03. The number of aliphatic carboxylic acids is 1. The van der Waals surface area contributed by atoms with Gasteiger partial charge in [0.1, 0.15) is 0 Å². The third-order valence-corrected chi connectivity index (χ3v) is 5.07. The molecule has 1 fully saturated rings. The van der Waals surface area contributed by atoms with Gasteiger partial charge in [0.15, 0.2) is 5.76 Å². The molecular weight excluding hydrogens is 354 g/mol. The number of hydrogen-bond acceptors (Lipinski definition) is 5. The van der Waals surface area contributed by atoms with Gasteiger partial charge in [-0.1, -0.05) is 30.7 Å². The maximum absolute atomic E-state index is 11.0. The van der Waals surface area contributed by atoms with Gasteiger partial charge in [0.05, 0.1) is 19.3 Å². The number of nitrogens with zero attached hydrogens (tertiary/aromatic N) is 3. The standard InChI is InChI=1S/C19H24ClN3O3/c1-2-23(13-19(24)25)16-6-8-22(9-7-16)12-18-21-11-17(26-18)14-4-3-5-15(20)10-14/h3-5,10-11,16H,2,6-9,12-13H2,1H3,(H,24,25). The van der Waals surface area contributed by atoms with Crippen LogP contribution >= 0.6 is 11.6 Å². The van der Waals surface area contributed by atoms with Crippen molar-refractivity contribution in [2.45, 2.75) is 32.4 Å². The average Bonchev–Trinajstić information content (AvgIpc) is 3.09. The molecular formula is C19H24ClN3O3. The molecule has 26 heavy (non-hydrogen) atoms. The van der Waals surface area contributed by atoms with Crippen molar-refractivity contribution in [1.29, 1.82) is 0 Å². The van der Waals surface area contributed by atoms with Crippen molar-refractivity contribution in [3.05, 3.63) is 41.4 Å². The first-order valence-electron chi connectivity index (χ1n) is 8.94. The summed E-state index contributed by atoms with van der Waals surface area (Å²) in [6, 6.07) is 7.86. The van der Waals surface area contributed by atoms with E-state index in [4.69, 9.17) is 21.1 Å². The minimum atomic E-state index is -0.761. The first kappa shape index (κ1) is 18.9. The topological polar surface area (TPSA) is 69.8 Å². The first-order valence-corrected chi connectivity index (χ1v) is 9.31. The van der Waals surface area contributed by atoms with Crippen LogP contribution in [-0.2, 0) is 11.3 Å². The summed E-state index contributed by atoms with van der Waals surface area (Å²) in [5, 5.41) is 9.70. The molecule has 2 heterocycles. The Balaban J connectivity index is 1.54. The highest BCUT2D eigenvalue weighted by atomic mass is 35.5. The Morgan fingerprint density at radius 1 is 1.42 bits per heavy atom. The van der Waals surface area contributed by atoms with Crippen molar-refractivity contribution in [2.24, 2.45) is 0 Å². The predicted molar refractivity (Wildman–Crippen MR) is 100 cm³/mol. The van der Waals surface area contributed by atoms with Gasteiger partial charge in [-0.15, -0.1) is 0 Å². The molecule has 6 nitrogen and oxygen atoms in total. The number of likely N-dealkylation sites (N-methyl/N-ethyl adjacent to an activating group) is 1. The second-order valence-electron chi connectivity index (χ2n) is 6.59. The van der Waals surface area contributed by atoms with Gasteiger partial charge in [0.25, 0.3) is 0 Å². The molecule has 140 valence electrons. The molecule has 0 unspecified atom stereocenters. The van der Waals surface area contributed by atoms with E-state index in [1.54, 1.807) is 6.20 Å². The zero-order valence-corrected chi connectivity index (χ0v) is 15.7. The highest BCUT2D eigenvalue weighted by Gasteiger charge is 2.25. The molecule has 1 aromatic carbocycles. The van der Waals surface area contributed by atoms with Crippen LogP contribution in [0.15, 0.2) is 34.9 Å². The Kier molecular flexibility index (Phi) is 6.29. The van der Waals surface area contributed by atoms with Gasteiger partial charge in [-0.2, -0.15) is 0 Å². The Morgan fingerprint density at radius 2 is 2.19 bits per heavy atom. The van der Waals surface area contributed by atoms with E-state index in [2.05, 4.69) is 9.88 Å². The largest absolute Gasteiger partial charge is 0.480 e. The lowest BCUT2D eigenvalue weighted by atomic mass is 10.0. The quantitative estimate of drug-likeness (QED) is 0.797. The average molecular weight is 378 g/mol. The summed E-state index contributed by atoms with van der Waals surface area (Å²) in [7, 11) is 0. The fourth-order valence-electron chi connectivity index (χ4n) is 3.47. The highest BCUT2D eigenvalue weighted by Crippen LogP contribution is 2.24. The molecule has 1 aliphatic heterocycles. The van der Waals surface area contributed by atoms with Crippen molar-refractivity contribution in [3.63, 3.8) is 0 Å². The summed E-state index contributed by atoms with van der Waals surface area (Å²) in [6.45, 7) is 5.38. The molecule has 1 aliphatic rings. The van der Waals surface area contributed by atoms with Crippen LogP contribution in [0.3, 0.4) is 0 Å². The first-order chi connectivity index (χ1) is 12.5. The SMILES string of the molecule is CCN(CC(=O)O)C1CCN(Cc2ncc(-c3cccc(Cl)c3)o2)CC1. The van der Waals surface area contributed by atoms with E-state index in [1.807, 2.05) is 36.1 Å². The Morgan fingerprint density at radius 3 is 2.85 bits per heavy atom. The van der Waals surface area contributed by atoms with E-state index in [0.717, 1.165) is 43.8 Å². The molecule has 1 saturated heterocycles. The fourth-order valence-corrected chi connectivity index (χ4v) is 3.66. The highest BCUT2D eigenvalue weighted by molar-refractivity contribution is 6.30. The lowest BCUT2D eigenvalue weighted by Gasteiger charge is -2.36. The van der Waals surface area contributed by atoms with Crippen LogP contribution in [0.25, 0.3) is 11.3 Å². The lowest BCUT2D eigenvalue weighted by molar-refractivity contribution is -0.139. The zero-order valence-electron chi connectivity index (χ0n) is 14.9. The number of hydrogen-bond donors (Lipinski definition) is 1. The van der Waals surface area contributed by atoms with Crippen LogP contribution < -0.4 is 0 Å².